The third-order valence-electron chi connectivity index (χ3n) is 5.27. The van der Waals surface area contributed by atoms with Crippen LogP contribution in [0.1, 0.15) is 38.5 Å². The van der Waals surface area contributed by atoms with E-state index in [1.807, 2.05) is 0 Å². The van der Waals surface area contributed by atoms with Crippen LogP contribution in [0.4, 0.5) is 0 Å². The Labute approximate surface area is 123 Å². The second-order valence-corrected chi connectivity index (χ2v) is 7.54. The van der Waals surface area contributed by atoms with Crippen LogP contribution >= 0.6 is 0 Å². The van der Waals surface area contributed by atoms with Crippen LogP contribution in [0.5, 0.6) is 0 Å². The molecule has 1 heterocycles. The Hall–Kier alpha value is -0.160. The molecular formula is C16H31N3O. The molecule has 20 heavy (non-hydrogen) atoms. The SMILES string of the molecule is CN(C)CC1CCCN1CC(CO)(NC1CC1)C1CC1. The molecule has 0 spiro atoms. The van der Waals surface area contributed by atoms with Crippen molar-refractivity contribution in [3.05, 3.63) is 0 Å². The summed E-state index contributed by atoms with van der Waals surface area (Å²) in [6, 6.07) is 1.35. The van der Waals surface area contributed by atoms with Crippen LogP contribution in [-0.4, -0.2) is 72.9 Å². The normalized spacial score (nSPS) is 30.9. The lowest BCUT2D eigenvalue weighted by Gasteiger charge is -2.40. The highest BCUT2D eigenvalue weighted by Gasteiger charge is 2.49. The summed E-state index contributed by atoms with van der Waals surface area (Å²) in [4.78, 5) is 4.94. The maximum Gasteiger partial charge on any atom is 0.0628 e. The van der Waals surface area contributed by atoms with Crippen molar-refractivity contribution in [2.45, 2.75) is 56.1 Å². The number of aliphatic hydroxyl groups is 1. The summed E-state index contributed by atoms with van der Waals surface area (Å²) in [6.07, 6.45) is 7.83. The van der Waals surface area contributed by atoms with Crippen molar-refractivity contribution in [2.75, 3.05) is 40.3 Å². The van der Waals surface area contributed by atoms with Gasteiger partial charge in [-0.2, -0.15) is 0 Å². The fourth-order valence-corrected chi connectivity index (χ4v) is 3.88. The van der Waals surface area contributed by atoms with E-state index in [1.54, 1.807) is 0 Å². The smallest absolute Gasteiger partial charge is 0.0628 e. The molecule has 3 fully saturated rings. The van der Waals surface area contributed by atoms with Crippen LogP contribution in [0, 0.1) is 5.92 Å². The van der Waals surface area contributed by atoms with Crippen molar-refractivity contribution < 1.29 is 5.11 Å². The molecule has 2 saturated carbocycles. The second-order valence-electron chi connectivity index (χ2n) is 7.54. The fraction of sp³-hybridized carbons (Fsp3) is 1.00. The van der Waals surface area contributed by atoms with E-state index in [0.29, 0.717) is 24.6 Å². The predicted molar refractivity (Wildman–Crippen MR) is 81.8 cm³/mol. The van der Waals surface area contributed by atoms with E-state index in [4.69, 9.17) is 0 Å². The van der Waals surface area contributed by atoms with Gasteiger partial charge in [0, 0.05) is 25.2 Å². The Morgan fingerprint density at radius 2 is 1.95 bits per heavy atom. The van der Waals surface area contributed by atoms with Gasteiger partial charge < -0.3 is 15.3 Å². The predicted octanol–water partition coefficient (Wildman–Crippen LogP) is 0.906. The molecule has 0 radical (unpaired) electrons. The van der Waals surface area contributed by atoms with Crippen molar-refractivity contribution in [1.29, 1.82) is 0 Å². The zero-order chi connectivity index (χ0) is 14.2. The second kappa shape index (κ2) is 5.91. The number of nitrogens with one attached hydrogen (secondary N) is 1. The summed E-state index contributed by atoms with van der Waals surface area (Å²) in [5.41, 5.74) is -0.0178. The molecule has 0 aromatic carbocycles. The summed E-state index contributed by atoms with van der Waals surface area (Å²) in [5, 5.41) is 13.9. The lowest BCUT2D eigenvalue weighted by atomic mass is 9.92. The number of aliphatic hydroxyl groups excluding tert-OH is 1. The first-order valence-electron chi connectivity index (χ1n) is 8.40. The molecule has 0 bridgehead atoms. The number of likely N-dealkylation sites (tertiary alicyclic amines) is 1. The number of nitrogens with zero attached hydrogens (tertiary/aromatic N) is 2. The first kappa shape index (κ1) is 14.8. The zero-order valence-corrected chi connectivity index (χ0v) is 13.1. The van der Waals surface area contributed by atoms with Crippen molar-refractivity contribution in [3.8, 4) is 0 Å². The molecule has 3 rings (SSSR count). The van der Waals surface area contributed by atoms with Crippen molar-refractivity contribution in [1.82, 2.24) is 15.1 Å². The topological polar surface area (TPSA) is 38.7 Å². The van der Waals surface area contributed by atoms with E-state index < -0.39 is 0 Å². The molecular weight excluding hydrogens is 250 g/mol. The summed E-state index contributed by atoms with van der Waals surface area (Å²) < 4.78 is 0. The van der Waals surface area contributed by atoms with Gasteiger partial charge >= 0.3 is 0 Å². The third-order valence-corrected chi connectivity index (χ3v) is 5.27. The number of rotatable bonds is 8. The van der Waals surface area contributed by atoms with E-state index in [0.717, 1.165) is 13.1 Å². The molecule has 2 aliphatic carbocycles. The average molecular weight is 281 g/mol. The van der Waals surface area contributed by atoms with Gasteiger partial charge in [0.1, 0.15) is 0 Å². The highest BCUT2D eigenvalue weighted by molar-refractivity contribution is 5.07. The molecule has 1 aliphatic heterocycles. The maximum atomic E-state index is 10.1. The first-order valence-corrected chi connectivity index (χ1v) is 8.40. The maximum absolute atomic E-state index is 10.1. The van der Waals surface area contributed by atoms with Crippen LogP contribution in [0.15, 0.2) is 0 Å². The first-order chi connectivity index (χ1) is 9.63. The van der Waals surface area contributed by atoms with Gasteiger partial charge in [-0.3, -0.25) is 4.90 Å². The minimum Gasteiger partial charge on any atom is -0.394 e. The van der Waals surface area contributed by atoms with E-state index in [9.17, 15) is 5.11 Å². The van der Waals surface area contributed by atoms with Gasteiger partial charge in [-0.25, -0.2) is 0 Å². The summed E-state index contributed by atoms with van der Waals surface area (Å²) in [6.45, 7) is 3.71. The standard InChI is InChI=1S/C16H31N3O/c1-18(2)10-15-4-3-9-19(15)11-16(12-20,13-5-6-13)17-14-7-8-14/h13-15,17,20H,3-12H2,1-2H3. The minimum atomic E-state index is -0.0178. The van der Waals surface area contributed by atoms with Crippen molar-refractivity contribution in [3.63, 3.8) is 0 Å². The van der Waals surface area contributed by atoms with Crippen molar-refractivity contribution >= 4 is 0 Å². The van der Waals surface area contributed by atoms with Gasteiger partial charge in [-0.1, -0.05) is 0 Å². The molecule has 116 valence electrons. The molecule has 0 aromatic heterocycles. The van der Waals surface area contributed by atoms with Gasteiger partial charge in [-0.05, 0) is 65.1 Å². The van der Waals surface area contributed by atoms with E-state index >= 15 is 0 Å². The van der Waals surface area contributed by atoms with Gasteiger partial charge in [-0.15, -0.1) is 0 Å². The van der Waals surface area contributed by atoms with Crippen LogP contribution in [0.25, 0.3) is 0 Å². The van der Waals surface area contributed by atoms with Crippen LogP contribution in [-0.2, 0) is 0 Å². The fourth-order valence-electron chi connectivity index (χ4n) is 3.88. The number of likely N-dealkylation sites (N-methyl/N-ethyl adjacent to an activating group) is 1. The molecule has 1 saturated heterocycles. The Morgan fingerprint density at radius 1 is 1.20 bits per heavy atom. The molecule has 2 atom stereocenters. The van der Waals surface area contributed by atoms with Gasteiger partial charge in [0.25, 0.3) is 0 Å². The van der Waals surface area contributed by atoms with E-state index in [2.05, 4.69) is 29.2 Å². The van der Waals surface area contributed by atoms with Crippen LogP contribution in [0.2, 0.25) is 0 Å². The molecule has 2 N–H and O–H groups in total. The van der Waals surface area contributed by atoms with Gasteiger partial charge in [0.05, 0.1) is 12.1 Å². The average Bonchev–Trinajstić information content (AvgIpc) is 3.30. The molecule has 4 nitrogen and oxygen atoms in total. The quantitative estimate of drug-likeness (QED) is 0.693. The van der Waals surface area contributed by atoms with E-state index in [1.165, 1.54) is 45.1 Å². The van der Waals surface area contributed by atoms with E-state index in [-0.39, 0.29) is 5.54 Å². The number of hydrogen-bond donors (Lipinski definition) is 2. The summed E-state index contributed by atoms with van der Waals surface area (Å²) in [7, 11) is 4.33. The van der Waals surface area contributed by atoms with Gasteiger partial charge in [0.2, 0.25) is 0 Å². The Kier molecular flexibility index (Phi) is 4.37. The zero-order valence-electron chi connectivity index (χ0n) is 13.1. The molecule has 0 amide bonds. The molecule has 2 unspecified atom stereocenters. The van der Waals surface area contributed by atoms with Gasteiger partial charge in [0.15, 0.2) is 0 Å². The number of hydrogen-bond acceptors (Lipinski definition) is 4. The largest absolute Gasteiger partial charge is 0.394 e. The Bertz CT molecular complexity index is 328. The molecule has 4 heteroatoms. The summed E-state index contributed by atoms with van der Waals surface area (Å²) in [5.74, 6) is 0.703. The molecule has 0 aromatic rings. The Morgan fingerprint density at radius 3 is 2.50 bits per heavy atom. The third kappa shape index (κ3) is 3.35. The molecule has 3 aliphatic rings. The Balaban J connectivity index is 1.65. The van der Waals surface area contributed by atoms with Crippen molar-refractivity contribution in [2.24, 2.45) is 5.92 Å². The lowest BCUT2D eigenvalue weighted by Crippen LogP contribution is -2.60. The minimum absolute atomic E-state index is 0.0178. The highest BCUT2D eigenvalue weighted by Crippen LogP contribution is 2.42. The van der Waals surface area contributed by atoms with Crippen LogP contribution in [0.3, 0.4) is 0 Å². The summed E-state index contributed by atoms with van der Waals surface area (Å²) >= 11 is 0. The highest BCUT2D eigenvalue weighted by atomic mass is 16.3. The van der Waals surface area contributed by atoms with Crippen LogP contribution < -0.4 is 5.32 Å². The monoisotopic (exact) mass is 281 g/mol. The lowest BCUT2D eigenvalue weighted by molar-refractivity contribution is 0.0777.